The van der Waals surface area contributed by atoms with Gasteiger partial charge in [0.05, 0.1) is 21.6 Å². The first kappa shape index (κ1) is 16.2. The Bertz CT molecular complexity index is 937. The second-order valence-electron chi connectivity index (χ2n) is 5.41. The second kappa shape index (κ2) is 7.27. The molecule has 122 valence electrons. The molecule has 1 heterocycles. The molecule has 0 radical (unpaired) electrons. The van der Waals surface area contributed by atoms with Crippen LogP contribution >= 0.6 is 11.6 Å². The van der Waals surface area contributed by atoms with Gasteiger partial charge in [-0.2, -0.15) is 0 Å². The lowest BCUT2D eigenvalue weighted by molar-refractivity contribution is -0.116. The van der Waals surface area contributed by atoms with Crippen LogP contribution in [-0.2, 0) is 11.2 Å². The molecular weight excluding hydrogens is 326 g/mol. The monoisotopic (exact) mass is 341 g/mol. The van der Waals surface area contributed by atoms with Crippen molar-refractivity contribution < 1.29 is 4.79 Å². The molecule has 2 aromatic carbocycles. The molecule has 0 saturated carbocycles. The summed E-state index contributed by atoms with van der Waals surface area (Å²) in [4.78, 5) is 31.1. The first-order valence-corrected chi connectivity index (χ1v) is 8.03. The fourth-order valence-corrected chi connectivity index (χ4v) is 2.63. The molecule has 0 saturated heterocycles. The standard InChI is InChI=1S/C18H16ClN3O2/c19-13-7-2-4-9-15(13)21-17(23)11-5-10-16-20-14-8-3-1-6-12(14)18(24)22-16/h1-4,6-9H,5,10-11H2,(H,21,23)(H,20,22,24). The molecule has 0 fully saturated rings. The summed E-state index contributed by atoms with van der Waals surface area (Å²) in [5.41, 5.74) is 1.11. The number of H-pyrrole nitrogens is 1. The largest absolute Gasteiger partial charge is 0.325 e. The number of amides is 1. The van der Waals surface area contributed by atoms with Crippen molar-refractivity contribution in [3.05, 3.63) is 69.7 Å². The number of aromatic amines is 1. The average Bonchev–Trinajstić information content (AvgIpc) is 2.57. The van der Waals surface area contributed by atoms with Crippen LogP contribution in [0.1, 0.15) is 18.7 Å². The summed E-state index contributed by atoms with van der Waals surface area (Å²) in [5.74, 6) is 0.468. The Morgan fingerprint density at radius 3 is 2.71 bits per heavy atom. The van der Waals surface area contributed by atoms with Crippen molar-refractivity contribution in [2.24, 2.45) is 0 Å². The Hall–Kier alpha value is -2.66. The third kappa shape index (κ3) is 3.81. The zero-order chi connectivity index (χ0) is 16.9. The third-order valence-corrected chi connectivity index (χ3v) is 3.96. The summed E-state index contributed by atoms with van der Waals surface area (Å²) in [6.07, 6.45) is 1.43. The van der Waals surface area contributed by atoms with Gasteiger partial charge in [0, 0.05) is 12.8 Å². The third-order valence-electron chi connectivity index (χ3n) is 3.63. The first-order chi connectivity index (χ1) is 11.6. The molecule has 1 aromatic heterocycles. The van der Waals surface area contributed by atoms with Gasteiger partial charge in [0.25, 0.3) is 5.56 Å². The number of para-hydroxylation sites is 2. The van der Waals surface area contributed by atoms with E-state index in [2.05, 4.69) is 15.3 Å². The molecule has 24 heavy (non-hydrogen) atoms. The van der Waals surface area contributed by atoms with Crippen molar-refractivity contribution in [2.45, 2.75) is 19.3 Å². The molecule has 0 bridgehead atoms. The number of benzene rings is 2. The molecule has 0 aliphatic rings. The number of nitrogens with zero attached hydrogens (tertiary/aromatic N) is 1. The zero-order valence-electron chi connectivity index (χ0n) is 12.9. The molecule has 3 aromatic rings. The molecular formula is C18H16ClN3O2. The Morgan fingerprint density at radius 2 is 1.88 bits per heavy atom. The Labute approximate surface area is 143 Å². The van der Waals surface area contributed by atoms with Crippen molar-refractivity contribution in [1.82, 2.24) is 9.97 Å². The smallest absolute Gasteiger partial charge is 0.258 e. The number of hydrogen-bond acceptors (Lipinski definition) is 3. The maximum Gasteiger partial charge on any atom is 0.258 e. The predicted octanol–water partition coefficient (Wildman–Crippen LogP) is 3.54. The maximum absolute atomic E-state index is 12.0. The molecule has 3 rings (SSSR count). The van der Waals surface area contributed by atoms with Crippen LogP contribution in [-0.4, -0.2) is 15.9 Å². The van der Waals surface area contributed by atoms with E-state index < -0.39 is 0 Å². The molecule has 0 spiro atoms. The number of hydrogen-bond donors (Lipinski definition) is 2. The fraction of sp³-hybridized carbons (Fsp3) is 0.167. The topological polar surface area (TPSA) is 74.8 Å². The van der Waals surface area contributed by atoms with Gasteiger partial charge in [0.1, 0.15) is 5.82 Å². The lowest BCUT2D eigenvalue weighted by Crippen LogP contribution is -2.14. The van der Waals surface area contributed by atoms with E-state index in [1.807, 2.05) is 12.1 Å². The quantitative estimate of drug-likeness (QED) is 0.745. The summed E-state index contributed by atoms with van der Waals surface area (Å²) in [6, 6.07) is 14.3. The van der Waals surface area contributed by atoms with Crippen LogP contribution in [0.4, 0.5) is 5.69 Å². The van der Waals surface area contributed by atoms with E-state index in [4.69, 9.17) is 11.6 Å². The summed E-state index contributed by atoms with van der Waals surface area (Å²) < 4.78 is 0. The minimum absolute atomic E-state index is 0.119. The fourth-order valence-electron chi connectivity index (χ4n) is 2.44. The minimum atomic E-state index is -0.156. The van der Waals surface area contributed by atoms with Crippen LogP contribution in [0.5, 0.6) is 0 Å². The molecule has 6 heteroatoms. The highest BCUT2D eigenvalue weighted by atomic mass is 35.5. The second-order valence-corrected chi connectivity index (χ2v) is 5.82. The van der Waals surface area contributed by atoms with Crippen LogP contribution < -0.4 is 10.9 Å². The number of rotatable bonds is 5. The van der Waals surface area contributed by atoms with Crippen molar-refractivity contribution in [3.63, 3.8) is 0 Å². The molecule has 0 unspecified atom stereocenters. The van der Waals surface area contributed by atoms with Gasteiger partial charge < -0.3 is 10.3 Å². The van der Waals surface area contributed by atoms with Crippen LogP contribution in [0.15, 0.2) is 53.3 Å². The minimum Gasteiger partial charge on any atom is -0.325 e. The molecule has 0 atom stereocenters. The van der Waals surface area contributed by atoms with Gasteiger partial charge in [-0.05, 0) is 30.7 Å². The van der Waals surface area contributed by atoms with Gasteiger partial charge in [0.15, 0.2) is 0 Å². The lowest BCUT2D eigenvalue weighted by Gasteiger charge is -2.07. The normalized spacial score (nSPS) is 10.7. The van der Waals surface area contributed by atoms with Crippen molar-refractivity contribution >= 4 is 34.1 Å². The van der Waals surface area contributed by atoms with Gasteiger partial charge in [-0.1, -0.05) is 35.9 Å². The molecule has 1 amide bonds. The van der Waals surface area contributed by atoms with Crippen molar-refractivity contribution in [2.75, 3.05) is 5.32 Å². The van der Waals surface area contributed by atoms with Crippen molar-refractivity contribution in [3.8, 4) is 0 Å². The Balaban J connectivity index is 1.59. The maximum atomic E-state index is 12.0. The van der Waals surface area contributed by atoms with E-state index in [1.54, 1.807) is 36.4 Å². The number of carbonyl (C=O) groups excluding carboxylic acids is 1. The van der Waals surface area contributed by atoms with Crippen LogP contribution in [0.3, 0.4) is 0 Å². The van der Waals surface area contributed by atoms with Crippen LogP contribution in [0.25, 0.3) is 10.9 Å². The van der Waals surface area contributed by atoms with Gasteiger partial charge in [-0.25, -0.2) is 4.98 Å². The van der Waals surface area contributed by atoms with Gasteiger partial charge in [-0.3, -0.25) is 9.59 Å². The number of nitrogens with one attached hydrogen (secondary N) is 2. The highest BCUT2D eigenvalue weighted by molar-refractivity contribution is 6.33. The number of halogens is 1. The Kier molecular flexibility index (Phi) is 4.91. The molecule has 0 aliphatic carbocycles. The number of aryl methyl sites for hydroxylation is 1. The zero-order valence-corrected chi connectivity index (χ0v) is 13.6. The Morgan fingerprint density at radius 1 is 1.12 bits per heavy atom. The van der Waals surface area contributed by atoms with Crippen LogP contribution in [0, 0.1) is 0 Å². The summed E-state index contributed by atoms with van der Waals surface area (Å²) in [6.45, 7) is 0. The number of anilines is 1. The van der Waals surface area contributed by atoms with Gasteiger partial charge in [-0.15, -0.1) is 0 Å². The average molecular weight is 342 g/mol. The summed E-state index contributed by atoms with van der Waals surface area (Å²) >= 11 is 6.01. The molecule has 0 aliphatic heterocycles. The lowest BCUT2D eigenvalue weighted by atomic mass is 10.2. The number of fused-ring (bicyclic) bond motifs is 1. The van der Waals surface area contributed by atoms with E-state index in [0.717, 1.165) is 0 Å². The van der Waals surface area contributed by atoms with Gasteiger partial charge in [0.2, 0.25) is 5.91 Å². The van der Waals surface area contributed by atoms with Gasteiger partial charge >= 0.3 is 0 Å². The highest BCUT2D eigenvalue weighted by Gasteiger charge is 2.07. The predicted molar refractivity (Wildman–Crippen MR) is 95.4 cm³/mol. The molecule has 2 N–H and O–H groups in total. The van der Waals surface area contributed by atoms with E-state index in [1.165, 1.54) is 0 Å². The van der Waals surface area contributed by atoms with Crippen molar-refractivity contribution in [1.29, 1.82) is 0 Å². The van der Waals surface area contributed by atoms with Crippen LogP contribution in [0.2, 0.25) is 5.02 Å². The first-order valence-electron chi connectivity index (χ1n) is 7.66. The van der Waals surface area contributed by atoms with E-state index in [9.17, 15) is 9.59 Å². The van der Waals surface area contributed by atoms with E-state index >= 15 is 0 Å². The number of aromatic nitrogens is 2. The SMILES string of the molecule is O=C(CCCc1nc2ccccc2c(=O)[nH]1)Nc1ccccc1Cl. The van der Waals surface area contributed by atoms with E-state index in [-0.39, 0.29) is 11.5 Å². The number of carbonyl (C=O) groups is 1. The molecule has 5 nitrogen and oxygen atoms in total. The van der Waals surface area contributed by atoms with E-state index in [0.29, 0.717) is 46.7 Å². The highest BCUT2D eigenvalue weighted by Crippen LogP contribution is 2.20. The summed E-state index contributed by atoms with van der Waals surface area (Å²) in [5, 5.41) is 3.85. The summed E-state index contributed by atoms with van der Waals surface area (Å²) in [7, 11) is 0.